The molecule has 0 bridgehead atoms. The van der Waals surface area contributed by atoms with Gasteiger partial charge in [0.15, 0.2) is 11.5 Å². The van der Waals surface area contributed by atoms with E-state index in [1.165, 1.54) is 0 Å². The Bertz CT molecular complexity index is 729. The minimum atomic E-state index is -3.55. The highest BCUT2D eigenvalue weighted by molar-refractivity contribution is 7.86. The fourth-order valence-electron chi connectivity index (χ4n) is 3.88. The van der Waals surface area contributed by atoms with Crippen LogP contribution in [-0.2, 0) is 14.9 Å². The number of nitrogens with zero attached hydrogens (tertiary/aromatic N) is 2. The number of morpholine rings is 1. The molecule has 3 unspecified atom stereocenters. The molecule has 1 aromatic carbocycles. The molecule has 2 saturated heterocycles. The first-order chi connectivity index (χ1) is 12.4. The van der Waals surface area contributed by atoms with E-state index < -0.39 is 10.2 Å². The Balaban J connectivity index is 1.88. The first-order valence-electron chi connectivity index (χ1n) is 9.01. The monoisotopic (exact) mass is 384 g/mol. The van der Waals surface area contributed by atoms with Crippen molar-refractivity contribution in [1.29, 1.82) is 0 Å². The molecule has 0 spiro atoms. The molecule has 146 valence electrons. The predicted octanol–water partition coefficient (Wildman–Crippen LogP) is 2.19. The van der Waals surface area contributed by atoms with Crippen molar-refractivity contribution in [3.63, 3.8) is 0 Å². The average molecular weight is 384 g/mol. The van der Waals surface area contributed by atoms with Crippen LogP contribution in [0.5, 0.6) is 11.5 Å². The molecule has 0 aliphatic carbocycles. The highest BCUT2D eigenvalue weighted by Gasteiger charge is 2.41. The Morgan fingerprint density at radius 3 is 2.35 bits per heavy atom. The second-order valence-electron chi connectivity index (χ2n) is 6.97. The first-order valence-corrected chi connectivity index (χ1v) is 10.4. The van der Waals surface area contributed by atoms with Gasteiger partial charge in [-0.15, -0.1) is 0 Å². The molecular weight excluding hydrogens is 356 g/mol. The van der Waals surface area contributed by atoms with Crippen molar-refractivity contribution in [1.82, 2.24) is 8.61 Å². The van der Waals surface area contributed by atoms with E-state index in [4.69, 9.17) is 14.2 Å². The van der Waals surface area contributed by atoms with Crippen LogP contribution in [0.25, 0.3) is 0 Å². The minimum absolute atomic E-state index is 0.101. The van der Waals surface area contributed by atoms with Gasteiger partial charge in [0.2, 0.25) is 0 Å². The van der Waals surface area contributed by atoms with Crippen molar-refractivity contribution < 1.29 is 22.6 Å². The van der Waals surface area contributed by atoms with Gasteiger partial charge in [-0.05, 0) is 44.4 Å². The van der Waals surface area contributed by atoms with Crippen LogP contribution in [-0.4, -0.2) is 63.1 Å². The third kappa shape index (κ3) is 3.69. The van der Waals surface area contributed by atoms with E-state index in [1.54, 1.807) is 22.8 Å². The molecule has 0 radical (unpaired) electrons. The number of benzene rings is 1. The van der Waals surface area contributed by atoms with Gasteiger partial charge in [0.05, 0.1) is 32.5 Å². The van der Waals surface area contributed by atoms with Crippen LogP contribution in [0.15, 0.2) is 18.2 Å². The van der Waals surface area contributed by atoms with Crippen molar-refractivity contribution in [3.05, 3.63) is 23.8 Å². The van der Waals surface area contributed by atoms with Crippen molar-refractivity contribution >= 4 is 10.2 Å². The van der Waals surface area contributed by atoms with Gasteiger partial charge < -0.3 is 14.2 Å². The van der Waals surface area contributed by atoms with Crippen LogP contribution < -0.4 is 9.47 Å². The minimum Gasteiger partial charge on any atom is -0.493 e. The van der Waals surface area contributed by atoms with Crippen molar-refractivity contribution in [3.8, 4) is 11.5 Å². The number of ether oxygens (including phenoxy) is 3. The van der Waals surface area contributed by atoms with Crippen molar-refractivity contribution in [2.24, 2.45) is 0 Å². The quantitative estimate of drug-likeness (QED) is 0.778. The maximum absolute atomic E-state index is 13.3. The van der Waals surface area contributed by atoms with Gasteiger partial charge in [0.1, 0.15) is 0 Å². The first kappa shape index (κ1) is 19.4. The molecule has 2 aliphatic rings. The molecular formula is C18H28N2O5S. The highest BCUT2D eigenvalue weighted by Crippen LogP contribution is 2.39. The van der Waals surface area contributed by atoms with Crippen LogP contribution >= 0.6 is 0 Å². The lowest BCUT2D eigenvalue weighted by molar-refractivity contribution is -0.0455. The second kappa shape index (κ2) is 7.72. The van der Waals surface area contributed by atoms with E-state index >= 15 is 0 Å². The molecule has 0 amide bonds. The van der Waals surface area contributed by atoms with Gasteiger partial charge in [-0.1, -0.05) is 6.07 Å². The molecule has 0 N–H and O–H groups in total. The van der Waals surface area contributed by atoms with Crippen LogP contribution in [0.2, 0.25) is 0 Å². The number of rotatable bonds is 5. The molecule has 3 atom stereocenters. The molecule has 3 rings (SSSR count). The lowest BCUT2D eigenvalue weighted by Gasteiger charge is -2.38. The smallest absolute Gasteiger partial charge is 0.282 e. The van der Waals surface area contributed by atoms with Crippen molar-refractivity contribution in [2.45, 2.75) is 44.9 Å². The van der Waals surface area contributed by atoms with Gasteiger partial charge in [-0.25, -0.2) is 0 Å². The summed E-state index contributed by atoms with van der Waals surface area (Å²) < 4.78 is 46.1. The second-order valence-corrected chi connectivity index (χ2v) is 8.85. The summed E-state index contributed by atoms with van der Waals surface area (Å²) in [6.45, 7) is 5.13. The highest BCUT2D eigenvalue weighted by atomic mass is 32.2. The molecule has 7 nitrogen and oxygen atoms in total. The lowest BCUT2D eigenvalue weighted by Crippen LogP contribution is -2.52. The Labute approximate surface area is 156 Å². The van der Waals surface area contributed by atoms with Crippen LogP contribution in [0.1, 0.15) is 38.3 Å². The molecule has 26 heavy (non-hydrogen) atoms. The maximum atomic E-state index is 13.3. The van der Waals surface area contributed by atoms with E-state index in [9.17, 15) is 8.42 Å². The number of methoxy groups -OCH3 is 2. The SMILES string of the molecule is COc1ccc(C2CCCN2S(=O)(=O)N2CC(C)OC(C)C2)cc1OC. The van der Waals surface area contributed by atoms with Crippen molar-refractivity contribution in [2.75, 3.05) is 33.9 Å². The van der Waals surface area contributed by atoms with Gasteiger partial charge >= 0.3 is 0 Å². The molecule has 8 heteroatoms. The number of hydrogen-bond acceptors (Lipinski definition) is 5. The van der Waals surface area contributed by atoms with E-state index in [-0.39, 0.29) is 18.2 Å². The third-order valence-corrected chi connectivity index (χ3v) is 6.99. The van der Waals surface area contributed by atoms with E-state index in [1.807, 2.05) is 32.0 Å². The molecule has 0 saturated carbocycles. The zero-order chi connectivity index (χ0) is 18.9. The molecule has 2 fully saturated rings. The van der Waals surface area contributed by atoms with Crippen LogP contribution in [0, 0.1) is 0 Å². The van der Waals surface area contributed by atoms with E-state index in [0.717, 1.165) is 18.4 Å². The summed E-state index contributed by atoms with van der Waals surface area (Å²) >= 11 is 0. The Morgan fingerprint density at radius 2 is 1.73 bits per heavy atom. The Hall–Kier alpha value is -1.35. The fourth-order valence-corrected chi connectivity index (χ4v) is 5.88. The van der Waals surface area contributed by atoms with Crippen LogP contribution in [0.4, 0.5) is 0 Å². The summed E-state index contributed by atoms with van der Waals surface area (Å²) in [6, 6.07) is 5.44. The standard InChI is InChI=1S/C18H28N2O5S/c1-13-11-19(12-14(2)25-13)26(21,22)20-9-5-6-16(20)15-7-8-17(23-3)18(10-15)24-4/h7-8,10,13-14,16H,5-6,9,11-12H2,1-4H3. The zero-order valence-corrected chi connectivity index (χ0v) is 16.7. The molecule has 1 aromatic rings. The maximum Gasteiger partial charge on any atom is 0.282 e. The lowest BCUT2D eigenvalue weighted by atomic mass is 10.0. The molecule has 2 aliphatic heterocycles. The average Bonchev–Trinajstić information content (AvgIpc) is 3.10. The van der Waals surface area contributed by atoms with Gasteiger partial charge in [-0.2, -0.15) is 17.0 Å². The third-order valence-electron chi connectivity index (χ3n) is 5.00. The van der Waals surface area contributed by atoms with Gasteiger partial charge in [0, 0.05) is 19.6 Å². The largest absolute Gasteiger partial charge is 0.493 e. The predicted molar refractivity (Wildman–Crippen MR) is 98.7 cm³/mol. The number of hydrogen-bond donors (Lipinski definition) is 0. The summed E-state index contributed by atoms with van der Waals surface area (Å²) in [4.78, 5) is 0. The summed E-state index contributed by atoms with van der Waals surface area (Å²) in [5.74, 6) is 1.25. The molecule has 0 aromatic heterocycles. The van der Waals surface area contributed by atoms with Gasteiger partial charge in [0.25, 0.3) is 10.2 Å². The summed E-state index contributed by atoms with van der Waals surface area (Å²) in [5.41, 5.74) is 0.929. The van der Waals surface area contributed by atoms with E-state index in [2.05, 4.69) is 0 Å². The molecule has 2 heterocycles. The van der Waals surface area contributed by atoms with Gasteiger partial charge in [-0.3, -0.25) is 0 Å². The normalized spacial score (nSPS) is 28.2. The van der Waals surface area contributed by atoms with Crippen LogP contribution in [0.3, 0.4) is 0 Å². The zero-order valence-electron chi connectivity index (χ0n) is 15.8. The topological polar surface area (TPSA) is 68.3 Å². The van der Waals surface area contributed by atoms with E-state index in [0.29, 0.717) is 31.1 Å². The Kier molecular flexibility index (Phi) is 5.76. The summed E-state index contributed by atoms with van der Waals surface area (Å²) in [5, 5.41) is 0. The summed E-state index contributed by atoms with van der Waals surface area (Å²) in [7, 11) is -0.373. The Morgan fingerprint density at radius 1 is 1.08 bits per heavy atom. The fraction of sp³-hybridized carbons (Fsp3) is 0.667. The summed E-state index contributed by atoms with van der Waals surface area (Å²) in [6.07, 6.45) is 1.43.